The highest BCUT2D eigenvalue weighted by Gasteiger charge is 2.56. The second kappa shape index (κ2) is 5.00. The number of halogens is 1. The number of nitrogens with one attached hydrogen (secondary N) is 1. The first-order chi connectivity index (χ1) is 9.76. The Balaban J connectivity index is 1.47. The van der Waals surface area contributed by atoms with Crippen LogP contribution in [0.15, 0.2) is 22.7 Å². The van der Waals surface area contributed by atoms with E-state index in [1.165, 1.54) is 18.4 Å². The Hall–Kier alpha value is -0.580. The highest BCUT2D eigenvalue weighted by Crippen LogP contribution is 2.53. The smallest absolute Gasteiger partial charge is 0.123 e. The van der Waals surface area contributed by atoms with E-state index in [0.717, 1.165) is 41.1 Å². The summed E-state index contributed by atoms with van der Waals surface area (Å²) in [5.74, 6) is 3.44. The fourth-order valence-electron chi connectivity index (χ4n) is 4.48. The summed E-state index contributed by atoms with van der Waals surface area (Å²) in [5, 5.41) is 3.73. The van der Waals surface area contributed by atoms with Gasteiger partial charge in [-0.2, -0.15) is 0 Å². The van der Waals surface area contributed by atoms with Crippen LogP contribution >= 0.6 is 15.9 Å². The molecule has 20 heavy (non-hydrogen) atoms. The Labute approximate surface area is 128 Å². The minimum Gasteiger partial charge on any atom is -0.496 e. The Kier molecular flexibility index (Phi) is 3.28. The fourth-order valence-corrected chi connectivity index (χ4v) is 4.89. The van der Waals surface area contributed by atoms with Gasteiger partial charge in [-0.3, -0.25) is 0 Å². The molecule has 4 rings (SSSR count). The van der Waals surface area contributed by atoms with Crippen molar-refractivity contribution in [1.29, 1.82) is 0 Å². The van der Waals surface area contributed by atoms with Crippen LogP contribution in [0.3, 0.4) is 0 Å². The van der Waals surface area contributed by atoms with Gasteiger partial charge in [-0.05, 0) is 48.8 Å². The number of ether oxygens (including phenoxy) is 2. The van der Waals surface area contributed by atoms with Crippen LogP contribution in [0, 0.1) is 17.8 Å². The topological polar surface area (TPSA) is 30.5 Å². The third kappa shape index (κ3) is 2.00. The van der Waals surface area contributed by atoms with Gasteiger partial charge >= 0.3 is 0 Å². The zero-order valence-electron chi connectivity index (χ0n) is 11.6. The zero-order valence-corrected chi connectivity index (χ0v) is 13.2. The molecule has 3 nitrogen and oxygen atoms in total. The lowest BCUT2D eigenvalue weighted by Crippen LogP contribution is -2.43. The normalized spacial score (nSPS) is 37.6. The number of benzene rings is 1. The van der Waals surface area contributed by atoms with Gasteiger partial charge in [0.15, 0.2) is 0 Å². The van der Waals surface area contributed by atoms with Crippen molar-refractivity contribution in [3.63, 3.8) is 0 Å². The van der Waals surface area contributed by atoms with E-state index in [2.05, 4.69) is 27.3 Å². The first-order valence-corrected chi connectivity index (χ1v) is 8.23. The first-order valence-electron chi connectivity index (χ1n) is 7.43. The number of hydrogen-bond acceptors (Lipinski definition) is 3. The molecule has 0 aromatic heterocycles. The predicted octanol–water partition coefficient (Wildman–Crippen LogP) is 2.97. The second-order valence-electron chi connectivity index (χ2n) is 6.32. The van der Waals surface area contributed by atoms with Crippen LogP contribution in [0.1, 0.15) is 18.4 Å². The van der Waals surface area contributed by atoms with Gasteiger partial charge in [0.2, 0.25) is 0 Å². The minimum atomic E-state index is 0.455. The van der Waals surface area contributed by atoms with Gasteiger partial charge in [0, 0.05) is 22.6 Å². The van der Waals surface area contributed by atoms with E-state index in [1.807, 2.05) is 12.1 Å². The molecule has 0 spiro atoms. The molecular formula is C16H20BrNO2. The summed E-state index contributed by atoms with van der Waals surface area (Å²) in [6.45, 7) is 1.84. The Bertz CT molecular complexity index is 519. The van der Waals surface area contributed by atoms with Crippen molar-refractivity contribution in [3.05, 3.63) is 28.2 Å². The van der Waals surface area contributed by atoms with E-state index in [0.29, 0.717) is 12.1 Å². The molecule has 2 bridgehead atoms. The standard InChI is InChI=1S/C16H20BrNO2/c1-19-14-3-2-12(17)5-10(14)7-18-15-9-4-11-8-20-16(15)13(11)6-9/h2-3,5,9,11,13,15-16,18H,4,6-8H2,1H3/t9-,11-,13+,15?,16+/m1/s1. The summed E-state index contributed by atoms with van der Waals surface area (Å²) in [7, 11) is 1.73. The number of hydrogen-bond donors (Lipinski definition) is 1. The Morgan fingerprint density at radius 1 is 1.35 bits per heavy atom. The van der Waals surface area contributed by atoms with E-state index < -0.39 is 0 Å². The minimum absolute atomic E-state index is 0.455. The molecule has 1 unspecified atom stereocenters. The summed E-state index contributed by atoms with van der Waals surface area (Å²) >= 11 is 3.54. The molecule has 3 fully saturated rings. The lowest BCUT2D eigenvalue weighted by atomic mass is 9.87. The van der Waals surface area contributed by atoms with Gasteiger partial charge < -0.3 is 14.8 Å². The highest BCUT2D eigenvalue weighted by atomic mass is 79.9. The van der Waals surface area contributed by atoms with Crippen molar-refractivity contribution in [2.45, 2.75) is 31.5 Å². The molecule has 1 aromatic carbocycles. The van der Waals surface area contributed by atoms with Crippen molar-refractivity contribution < 1.29 is 9.47 Å². The van der Waals surface area contributed by atoms with E-state index in [9.17, 15) is 0 Å². The van der Waals surface area contributed by atoms with Crippen LogP contribution in [0.5, 0.6) is 5.75 Å². The average molecular weight is 338 g/mol. The molecule has 2 aliphatic carbocycles. The molecule has 1 heterocycles. The van der Waals surface area contributed by atoms with E-state index >= 15 is 0 Å². The first kappa shape index (κ1) is 13.1. The van der Waals surface area contributed by atoms with E-state index in [1.54, 1.807) is 7.11 Å². The van der Waals surface area contributed by atoms with E-state index in [-0.39, 0.29) is 0 Å². The molecule has 1 aromatic rings. The summed E-state index contributed by atoms with van der Waals surface area (Å²) in [5.41, 5.74) is 1.21. The highest BCUT2D eigenvalue weighted by molar-refractivity contribution is 9.10. The third-order valence-corrected chi connectivity index (χ3v) is 5.84. The number of fused-ring (bicyclic) bond motifs is 1. The van der Waals surface area contributed by atoms with Gasteiger partial charge in [0.1, 0.15) is 5.75 Å². The van der Waals surface area contributed by atoms with Gasteiger partial charge in [0.25, 0.3) is 0 Å². The zero-order chi connectivity index (χ0) is 13.7. The molecule has 1 N–H and O–H groups in total. The largest absolute Gasteiger partial charge is 0.496 e. The molecule has 0 radical (unpaired) electrons. The monoisotopic (exact) mass is 337 g/mol. The van der Waals surface area contributed by atoms with Gasteiger partial charge in [-0.15, -0.1) is 0 Å². The van der Waals surface area contributed by atoms with Crippen molar-refractivity contribution in [3.8, 4) is 5.75 Å². The number of rotatable bonds is 4. The van der Waals surface area contributed by atoms with Gasteiger partial charge in [-0.1, -0.05) is 15.9 Å². The second-order valence-corrected chi connectivity index (χ2v) is 7.23. The molecule has 3 aliphatic rings. The molecule has 1 saturated heterocycles. The van der Waals surface area contributed by atoms with Crippen molar-refractivity contribution in [2.75, 3.05) is 13.7 Å². The van der Waals surface area contributed by atoms with Crippen molar-refractivity contribution in [1.82, 2.24) is 5.32 Å². The maximum Gasteiger partial charge on any atom is 0.123 e. The quantitative estimate of drug-likeness (QED) is 0.916. The lowest BCUT2D eigenvalue weighted by Gasteiger charge is -2.28. The third-order valence-electron chi connectivity index (χ3n) is 5.34. The van der Waals surface area contributed by atoms with Crippen molar-refractivity contribution >= 4 is 15.9 Å². The van der Waals surface area contributed by atoms with Crippen LogP contribution in [0.2, 0.25) is 0 Å². The maximum atomic E-state index is 6.01. The maximum absolute atomic E-state index is 6.01. The average Bonchev–Trinajstić information content (AvgIpc) is 3.06. The SMILES string of the molecule is COc1ccc(Br)cc1CNC1[C@@H]2C[C@@H]3CO[C@H]1[C@H]3C2. The summed E-state index contributed by atoms with van der Waals surface area (Å²) < 4.78 is 12.6. The molecule has 4 heteroatoms. The molecular weight excluding hydrogens is 318 g/mol. The number of methoxy groups -OCH3 is 1. The Morgan fingerprint density at radius 2 is 2.25 bits per heavy atom. The summed E-state index contributed by atoms with van der Waals surface area (Å²) in [4.78, 5) is 0. The van der Waals surface area contributed by atoms with Crippen LogP contribution in [0.4, 0.5) is 0 Å². The molecule has 2 saturated carbocycles. The van der Waals surface area contributed by atoms with Gasteiger partial charge in [0.05, 0.1) is 19.8 Å². The lowest BCUT2D eigenvalue weighted by molar-refractivity contribution is 0.0755. The van der Waals surface area contributed by atoms with Crippen molar-refractivity contribution in [2.24, 2.45) is 17.8 Å². The van der Waals surface area contributed by atoms with Crippen LogP contribution in [-0.4, -0.2) is 25.9 Å². The van der Waals surface area contributed by atoms with Gasteiger partial charge in [-0.25, -0.2) is 0 Å². The summed E-state index contributed by atoms with van der Waals surface area (Å²) in [6.07, 6.45) is 3.17. The van der Waals surface area contributed by atoms with Crippen LogP contribution in [-0.2, 0) is 11.3 Å². The molecule has 1 aliphatic heterocycles. The van der Waals surface area contributed by atoms with Crippen LogP contribution < -0.4 is 10.1 Å². The predicted molar refractivity (Wildman–Crippen MR) is 80.8 cm³/mol. The molecule has 5 atom stereocenters. The Morgan fingerprint density at radius 3 is 3.10 bits per heavy atom. The molecule has 108 valence electrons. The molecule has 0 amide bonds. The van der Waals surface area contributed by atoms with E-state index in [4.69, 9.17) is 9.47 Å². The van der Waals surface area contributed by atoms with Crippen LogP contribution in [0.25, 0.3) is 0 Å². The summed E-state index contributed by atoms with van der Waals surface area (Å²) in [6, 6.07) is 6.70. The fraction of sp³-hybridized carbons (Fsp3) is 0.625.